The van der Waals surface area contributed by atoms with Gasteiger partial charge in [0, 0.05) is 0 Å². The second-order valence-electron chi connectivity index (χ2n) is 5.65. The molecule has 0 aliphatic heterocycles. The molecule has 3 rings (SSSR count). The smallest absolute Gasteiger partial charge is 0.307 e. The second-order valence-corrected chi connectivity index (χ2v) is 6.05. The van der Waals surface area contributed by atoms with E-state index in [1.54, 1.807) is 12.1 Å². The summed E-state index contributed by atoms with van der Waals surface area (Å²) in [5.41, 5.74) is 3.70. The highest BCUT2D eigenvalue weighted by Crippen LogP contribution is 2.36. The van der Waals surface area contributed by atoms with Gasteiger partial charge < -0.3 is 5.11 Å². The summed E-state index contributed by atoms with van der Waals surface area (Å²) in [7, 11) is 0. The topological polar surface area (TPSA) is 61.1 Å². The zero-order chi connectivity index (χ0) is 17.3. The van der Waals surface area contributed by atoms with Crippen LogP contribution in [0.2, 0.25) is 5.02 Å². The molecule has 0 saturated heterocycles. The van der Waals surface area contributed by atoms with E-state index in [0.29, 0.717) is 10.6 Å². The second kappa shape index (κ2) is 6.35. The summed E-state index contributed by atoms with van der Waals surface area (Å²) in [5, 5.41) is 20.9. The third-order valence-corrected chi connectivity index (χ3v) is 4.41. The maximum Gasteiger partial charge on any atom is 0.307 e. The minimum atomic E-state index is -0.885. The van der Waals surface area contributed by atoms with Gasteiger partial charge in [-0.15, -0.1) is 0 Å². The number of carbonyl (C=O) groups is 1. The van der Waals surface area contributed by atoms with E-state index in [4.69, 9.17) is 11.6 Å². The summed E-state index contributed by atoms with van der Waals surface area (Å²) in [4.78, 5) is 11.3. The molecule has 0 spiro atoms. The molecule has 0 aliphatic carbocycles. The summed E-state index contributed by atoms with van der Waals surface area (Å²) in [6, 6.07) is 17.1. The van der Waals surface area contributed by atoms with Gasteiger partial charge in [-0.25, -0.2) is 0 Å². The van der Waals surface area contributed by atoms with Crippen molar-refractivity contribution in [2.45, 2.75) is 13.3 Å². The van der Waals surface area contributed by atoms with Gasteiger partial charge in [0.2, 0.25) is 0 Å². The van der Waals surface area contributed by atoms with Crippen molar-refractivity contribution in [3.05, 3.63) is 70.2 Å². The number of rotatable bonds is 3. The maximum atomic E-state index is 11.3. The summed E-state index contributed by atoms with van der Waals surface area (Å²) in [6.45, 7) is 1.91. The van der Waals surface area contributed by atoms with Crippen molar-refractivity contribution in [3.8, 4) is 17.2 Å². The first kappa shape index (κ1) is 16.0. The van der Waals surface area contributed by atoms with Gasteiger partial charge in [0.1, 0.15) is 6.07 Å². The third-order valence-electron chi connectivity index (χ3n) is 4.08. The van der Waals surface area contributed by atoms with Crippen LogP contribution in [-0.2, 0) is 11.2 Å². The Morgan fingerprint density at radius 2 is 1.96 bits per heavy atom. The Kier molecular flexibility index (Phi) is 4.24. The number of aryl methyl sites for hydroxylation is 1. The fraction of sp³-hybridized carbons (Fsp3) is 0.100. The van der Waals surface area contributed by atoms with Crippen LogP contribution in [0.1, 0.15) is 16.7 Å². The summed E-state index contributed by atoms with van der Waals surface area (Å²) < 4.78 is 0. The molecule has 3 aromatic carbocycles. The molecule has 118 valence electrons. The first-order valence-corrected chi connectivity index (χ1v) is 7.82. The van der Waals surface area contributed by atoms with Crippen molar-refractivity contribution in [2.75, 3.05) is 0 Å². The molecule has 0 radical (unpaired) electrons. The normalized spacial score (nSPS) is 10.5. The minimum absolute atomic E-state index is 0.0729. The van der Waals surface area contributed by atoms with Crippen LogP contribution in [0.5, 0.6) is 0 Å². The van der Waals surface area contributed by atoms with Crippen molar-refractivity contribution >= 4 is 28.3 Å². The molecule has 3 aromatic rings. The van der Waals surface area contributed by atoms with E-state index < -0.39 is 5.97 Å². The standard InChI is InChI=1S/C20H14ClNO2/c1-12-8-13-4-2-3-5-16(13)20(17(12)10-19(23)24)14-6-7-18(21)15(9-14)11-22/h2-9H,10H2,1H3,(H,23,24). The molecule has 0 aliphatic rings. The molecule has 3 nitrogen and oxygen atoms in total. The molecule has 0 bridgehead atoms. The largest absolute Gasteiger partial charge is 0.481 e. The van der Waals surface area contributed by atoms with Crippen LogP contribution in [0, 0.1) is 18.3 Å². The van der Waals surface area contributed by atoms with Gasteiger partial charge in [-0.3, -0.25) is 4.79 Å². The lowest BCUT2D eigenvalue weighted by Gasteiger charge is -2.16. The lowest BCUT2D eigenvalue weighted by molar-refractivity contribution is -0.136. The molecule has 0 saturated carbocycles. The fourth-order valence-electron chi connectivity index (χ4n) is 3.01. The first-order valence-electron chi connectivity index (χ1n) is 7.44. The molecule has 0 amide bonds. The summed E-state index contributed by atoms with van der Waals surface area (Å²) >= 11 is 6.04. The highest BCUT2D eigenvalue weighted by atomic mass is 35.5. The zero-order valence-corrected chi connectivity index (χ0v) is 13.8. The molecule has 0 fully saturated rings. The predicted molar refractivity (Wildman–Crippen MR) is 95.2 cm³/mol. The lowest BCUT2D eigenvalue weighted by Crippen LogP contribution is -2.05. The Bertz CT molecular complexity index is 1000. The van der Waals surface area contributed by atoms with Gasteiger partial charge in [-0.05, 0) is 52.1 Å². The Balaban J connectivity index is 2.40. The number of hydrogen-bond acceptors (Lipinski definition) is 2. The molecule has 0 aromatic heterocycles. The lowest BCUT2D eigenvalue weighted by atomic mass is 9.88. The van der Waals surface area contributed by atoms with Crippen molar-refractivity contribution in [1.29, 1.82) is 5.26 Å². The zero-order valence-electron chi connectivity index (χ0n) is 13.0. The fourth-order valence-corrected chi connectivity index (χ4v) is 3.17. The minimum Gasteiger partial charge on any atom is -0.481 e. The Labute approximate surface area is 144 Å². The third kappa shape index (κ3) is 2.84. The van der Waals surface area contributed by atoms with Crippen LogP contribution in [0.4, 0.5) is 0 Å². The van der Waals surface area contributed by atoms with Crippen LogP contribution >= 0.6 is 11.6 Å². The van der Waals surface area contributed by atoms with Crippen LogP contribution < -0.4 is 0 Å². The number of aliphatic carboxylic acids is 1. The highest BCUT2D eigenvalue weighted by Gasteiger charge is 2.16. The Hall–Kier alpha value is -2.83. The summed E-state index contributed by atoms with van der Waals surface area (Å²) in [5.74, 6) is -0.885. The van der Waals surface area contributed by atoms with E-state index in [1.807, 2.05) is 43.3 Å². The van der Waals surface area contributed by atoms with E-state index in [1.165, 1.54) is 0 Å². The van der Waals surface area contributed by atoms with Gasteiger partial charge >= 0.3 is 5.97 Å². The Morgan fingerprint density at radius 3 is 2.67 bits per heavy atom. The van der Waals surface area contributed by atoms with E-state index in [2.05, 4.69) is 6.07 Å². The molecule has 0 unspecified atom stereocenters. The number of carboxylic acid groups (broad SMARTS) is 1. The number of carboxylic acids is 1. The number of hydrogen-bond donors (Lipinski definition) is 1. The van der Waals surface area contributed by atoms with E-state index in [9.17, 15) is 15.2 Å². The van der Waals surface area contributed by atoms with Crippen molar-refractivity contribution in [3.63, 3.8) is 0 Å². The quantitative estimate of drug-likeness (QED) is 0.735. The van der Waals surface area contributed by atoms with Crippen LogP contribution in [0.15, 0.2) is 48.5 Å². The molecule has 0 heterocycles. The van der Waals surface area contributed by atoms with Crippen molar-refractivity contribution in [1.82, 2.24) is 0 Å². The number of halogens is 1. The average molecular weight is 336 g/mol. The molecule has 4 heteroatoms. The van der Waals surface area contributed by atoms with E-state index >= 15 is 0 Å². The molecular formula is C20H14ClNO2. The van der Waals surface area contributed by atoms with Gasteiger partial charge in [-0.1, -0.05) is 48.0 Å². The van der Waals surface area contributed by atoms with E-state index in [-0.39, 0.29) is 6.42 Å². The van der Waals surface area contributed by atoms with Crippen LogP contribution in [0.3, 0.4) is 0 Å². The van der Waals surface area contributed by atoms with E-state index in [0.717, 1.165) is 33.0 Å². The molecule has 1 N–H and O–H groups in total. The highest BCUT2D eigenvalue weighted by molar-refractivity contribution is 6.31. The first-order chi connectivity index (χ1) is 11.5. The number of nitrogens with zero attached hydrogens (tertiary/aromatic N) is 1. The predicted octanol–water partition coefficient (Wildman–Crippen LogP) is 4.97. The van der Waals surface area contributed by atoms with Crippen LogP contribution in [0.25, 0.3) is 21.9 Å². The number of benzene rings is 3. The summed E-state index contributed by atoms with van der Waals surface area (Å²) in [6.07, 6.45) is -0.0729. The average Bonchev–Trinajstić information content (AvgIpc) is 2.56. The number of nitriles is 1. The SMILES string of the molecule is Cc1cc2ccccc2c(-c2ccc(Cl)c(C#N)c2)c1CC(=O)O. The maximum absolute atomic E-state index is 11.3. The van der Waals surface area contributed by atoms with Gasteiger partial charge in [0.05, 0.1) is 17.0 Å². The van der Waals surface area contributed by atoms with Gasteiger partial charge in [0.15, 0.2) is 0 Å². The molecular weight excluding hydrogens is 322 g/mol. The molecule has 24 heavy (non-hydrogen) atoms. The number of fused-ring (bicyclic) bond motifs is 1. The van der Waals surface area contributed by atoms with Crippen molar-refractivity contribution < 1.29 is 9.90 Å². The van der Waals surface area contributed by atoms with Crippen LogP contribution in [-0.4, -0.2) is 11.1 Å². The monoisotopic (exact) mass is 335 g/mol. The Morgan fingerprint density at radius 1 is 1.21 bits per heavy atom. The van der Waals surface area contributed by atoms with Gasteiger partial charge in [0.25, 0.3) is 0 Å². The molecule has 0 atom stereocenters. The van der Waals surface area contributed by atoms with Gasteiger partial charge in [-0.2, -0.15) is 5.26 Å². The van der Waals surface area contributed by atoms with Crippen molar-refractivity contribution in [2.24, 2.45) is 0 Å².